The van der Waals surface area contributed by atoms with Crippen molar-refractivity contribution in [3.63, 3.8) is 0 Å². The van der Waals surface area contributed by atoms with E-state index in [9.17, 15) is 0 Å². The molecule has 0 saturated heterocycles. The first-order valence-electron chi connectivity index (χ1n) is 3.78. The molecule has 3 N–H and O–H groups in total. The van der Waals surface area contributed by atoms with Gasteiger partial charge >= 0.3 is 0 Å². The third-order valence-corrected chi connectivity index (χ3v) is 2.92. The van der Waals surface area contributed by atoms with Gasteiger partial charge in [-0.3, -0.25) is 0 Å². The lowest BCUT2D eigenvalue weighted by Crippen LogP contribution is -1.91. The summed E-state index contributed by atoms with van der Waals surface area (Å²) in [7, 11) is 0. The van der Waals surface area contributed by atoms with Gasteiger partial charge in [0.15, 0.2) is 0 Å². The van der Waals surface area contributed by atoms with Gasteiger partial charge in [0.25, 0.3) is 0 Å². The molecular weight excluding hydrogens is 214 g/mol. The number of aryl methyl sites for hydroxylation is 1. The predicted molar refractivity (Wildman–Crippen MR) is 58.3 cm³/mol. The van der Waals surface area contributed by atoms with Crippen molar-refractivity contribution < 1.29 is 0 Å². The molecule has 0 saturated carbocycles. The van der Waals surface area contributed by atoms with Crippen LogP contribution in [0, 0.1) is 20.8 Å². The van der Waals surface area contributed by atoms with Gasteiger partial charge in [0.05, 0.1) is 0 Å². The summed E-state index contributed by atoms with van der Waals surface area (Å²) in [5, 5.41) is 0.958. The zero-order chi connectivity index (χ0) is 8.43. The molecule has 1 aromatic rings. The Morgan fingerprint density at radius 1 is 1.08 bits per heavy atom. The summed E-state index contributed by atoms with van der Waals surface area (Å²) in [6.45, 7) is 6.51. The van der Waals surface area contributed by atoms with Crippen LogP contribution in [0.2, 0.25) is 0 Å². The van der Waals surface area contributed by atoms with Gasteiger partial charge < -0.3 is 6.15 Å². The molecular formula is C10H16BrN. The normalized spacial score (nSPS) is 9.33. The molecule has 1 aromatic carbocycles. The van der Waals surface area contributed by atoms with E-state index >= 15 is 0 Å². The fourth-order valence-corrected chi connectivity index (χ4v) is 1.76. The van der Waals surface area contributed by atoms with Crippen LogP contribution < -0.4 is 6.15 Å². The highest BCUT2D eigenvalue weighted by Crippen LogP contribution is 2.18. The van der Waals surface area contributed by atoms with Crippen molar-refractivity contribution in [2.24, 2.45) is 0 Å². The largest absolute Gasteiger partial charge is 0.344 e. The predicted octanol–water partition coefficient (Wildman–Crippen LogP) is 3.67. The molecule has 0 atom stereocenters. The van der Waals surface area contributed by atoms with E-state index < -0.39 is 0 Å². The fourth-order valence-electron chi connectivity index (χ4n) is 1.16. The van der Waals surface area contributed by atoms with Crippen molar-refractivity contribution in [2.75, 3.05) is 0 Å². The summed E-state index contributed by atoms with van der Waals surface area (Å²) in [6, 6.07) is 4.37. The van der Waals surface area contributed by atoms with Crippen molar-refractivity contribution >= 4 is 15.9 Å². The minimum Gasteiger partial charge on any atom is -0.344 e. The van der Waals surface area contributed by atoms with E-state index in [1.807, 2.05) is 0 Å². The van der Waals surface area contributed by atoms with Crippen LogP contribution in [-0.2, 0) is 5.33 Å². The van der Waals surface area contributed by atoms with Crippen LogP contribution in [0.5, 0.6) is 0 Å². The molecule has 0 aromatic heterocycles. The maximum absolute atomic E-state index is 3.47. The number of benzene rings is 1. The summed E-state index contributed by atoms with van der Waals surface area (Å²) in [4.78, 5) is 0. The number of hydrogen-bond donors (Lipinski definition) is 1. The molecule has 0 aliphatic rings. The lowest BCUT2D eigenvalue weighted by Gasteiger charge is -2.08. The molecule has 0 aliphatic heterocycles. The number of hydrogen-bond acceptors (Lipinski definition) is 1. The molecule has 12 heavy (non-hydrogen) atoms. The molecule has 2 heteroatoms. The van der Waals surface area contributed by atoms with Gasteiger partial charge in [0.1, 0.15) is 0 Å². The standard InChI is InChI=1S/C10H13Br.H3N/c1-7-4-5-10(6-11)9(3)8(7)2;/h4-5H,6H2,1-3H3;1H3. The quantitative estimate of drug-likeness (QED) is 0.734. The van der Waals surface area contributed by atoms with Crippen molar-refractivity contribution in [1.82, 2.24) is 6.15 Å². The Hall–Kier alpha value is -0.340. The van der Waals surface area contributed by atoms with Gasteiger partial charge in [-0.25, -0.2) is 0 Å². The minimum absolute atomic E-state index is 0. The van der Waals surface area contributed by atoms with Gasteiger partial charge in [-0.2, -0.15) is 0 Å². The van der Waals surface area contributed by atoms with Crippen molar-refractivity contribution in [1.29, 1.82) is 0 Å². The van der Waals surface area contributed by atoms with Crippen LogP contribution in [0.3, 0.4) is 0 Å². The Kier molecular flexibility index (Phi) is 4.50. The van der Waals surface area contributed by atoms with E-state index in [0.29, 0.717) is 0 Å². The molecule has 0 bridgehead atoms. The van der Waals surface area contributed by atoms with E-state index in [2.05, 4.69) is 48.8 Å². The summed E-state index contributed by atoms with van der Waals surface area (Å²) < 4.78 is 0. The first kappa shape index (κ1) is 11.7. The maximum Gasteiger partial charge on any atom is 0.0285 e. The van der Waals surface area contributed by atoms with Gasteiger partial charge in [0.2, 0.25) is 0 Å². The zero-order valence-corrected chi connectivity index (χ0v) is 9.53. The summed E-state index contributed by atoms with van der Waals surface area (Å²) in [6.07, 6.45) is 0. The Morgan fingerprint density at radius 3 is 2.17 bits per heavy atom. The first-order chi connectivity index (χ1) is 5.16. The molecule has 1 rings (SSSR count). The average molecular weight is 230 g/mol. The highest BCUT2D eigenvalue weighted by atomic mass is 79.9. The first-order valence-corrected chi connectivity index (χ1v) is 4.90. The van der Waals surface area contributed by atoms with E-state index in [-0.39, 0.29) is 6.15 Å². The fraction of sp³-hybridized carbons (Fsp3) is 0.400. The second kappa shape index (κ2) is 4.63. The molecule has 0 fully saturated rings. The molecule has 68 valence electrons. The van der Waals surface area contributed by atoms with E-state index in [1.54, 1.807) is 0 Å². The molecule has 0 spiro atoms. The van der Waals surface area contributed by atoms with Crippen molar-refractivity contribution in [3.05, 3.63) is 34.4 Å². The Bertz CT molecular complexity index is 269. The zero-order valence-electron chi connectivity index (χ0n) is 7.95. The Balaban J connectivity index is 0.00000121. The highest BCUT2D eigenvalue weighted by Gasteiger charge is 2.00. The van der Waals surface area contributed by atoms with Gasteiger partial charge in [0, 0.05) is 5.33 Å². The lowest BCUT2D eigenvalue weighted by atomic mass is 10.0. The van der Waals surface area contributed by atoms with Gasteiger partial charge in [-0.15, -0.1) is 0 Å². The van der Waals surface area contributed by atoms with Crippen LogP contribution in [0.15, 0.2) is 12.1 Å². The molecule has 0 unspecified atom stereocenters. The highest BCUT2D eigenvalue weighted by molar-refractivity contribution is 9.08. The molecule has 0 amide bonds. The van der Waals surface area contributed by atoms with Crippen LogP contribution in [0.4, 0.5) is 0 Å². The van der Waals surface area contributed by atoms with Crippen LogP contribution in [0.25, 0.3) is 0 Å². The van der Waals surface area contributed by atoms with Crippen LogP contribution >= 0.6 is 15.9 Å². The third kappa shape index (κ3) is 2.08. The maximum atomic E-state index is 3.47. The number of halogens is 1. The summed E-state index contributed by atoms with van der Waals surface area (Å²) in [5.41, 5.74) is 5.61. The smallest absolute Gasteiger partial charge is 0.0285 e. The topological polar surface area (TPSA) is 35.0 Å². The molecule has 1 nitrogen and oxygen atoms in total. The number of alkyl halides is 1. The average Bonchev–Trinajstić information content (AvgIpc) is 2.01. The Labute approximate surface area is 82.9 Å². The second-order valence-electron chi connectivity index (χ2n) is 2.93. The summed E-state index contributed by atoms with van der Waals surface area (Å²) in [5.74, 6) is 0. The molecule has 0 aliphatic carbocycles. The van der Waals surface area contributed by atoms with Gasteiger partial charge in [-0.1, -0.05) is 28.1 Å². The van der Waals surface area contributed by atoms with Crippen LogP contribution in [0.1, 0.15) is 22.3 Å². The van der Waals surface area contributed by atoms with E-state index in [0.717, 1.165) is 5.33 Å². The summed E-state index contributed by atoms with van der Waals surface area (Å²) >= 11 is 3.47. The van der Waals surface area contributed by atoms with E-state index in [4.69, 9.17) is 0 Å². The van der Waals surface area contributed by atoms with E-state index in [1.165, 1.54) is 22.3 Å². The van der Waals surface area contributed by atoms with Crippen LogP contribution in [-0.4, -0.2) is 0 Å². The Morgan fingerprint density at radius 2 is 1.67 bits per heavy atom. The molecule has 0 heterocycles. The third-order valence-electron chi connectivity index (χ3n) is 2.31. The van der Waals surface area contributed by atoms with Gasteiger partial charge in [-0.05, 0) is 43.0 Å². The van der Waals surface area contributed by atoms with Crippen molar-refractivity contribution in [3.8, 4) is 0 Å². The van der Waals surface area contributed by atoms with Crippen molar-refractivity contribution in [2.45, 2.75) is 26.1 Å². The SMILES string of the molecule is Cc1ccc(CBr)c(C)c1C.N. The monoisotopic (exact) mass is 229 g/mol. The lowest BCUT2D eigenvalue weighted by molar-refractivity contribution is 1.21. The molecule has 0 radical (unpaired) electrons. The second-order valence-corrected chi connectivity index (χ2v) is 3.49. The number of rotatable bonds is 1. The minimum atomic E-state index is 0.